The summed E-state index contributed by atoms with van der Waals surface area (Å²) in [5.74, 6) is -0.223. The molecule has 2 aromatic carbocycles. The smallest absolute Gasteiger partial charge is 0.276 e. The second kappa shape index (κ2) is 7.63. The van der Waals surface area contributed by atoms with Gasteiger partial charge in [-0.15, -0.1) is 0 Å². The van der Waals surface area contributed by atoms with Gasteiger partial charge in [-0.2, -0.15) is 13.5 Å². The molecule has 0 spiro atoms. The molecule has 1 heterocycles. The Morgan fingerprint density at radius 3 is 2.52 bits per heavy atom. The van der Waals surface area contributed by atoms with E-state index >= 15 is 0 Å². The van der Waals surface area contributed by atoms with Gasteiger partial charge in [-0.3, -0.25) is 4.79 Å². The summed E-state index contributed by atoms with van der Waals surface area (Å²) in [4.78, 5) is 13.3. The van der Waals surface area contributed by atoms with E-state index in [0.717, 1.165) is 23.0 Å². The monoisotopic (exact) mass is 384 g/mol. The maximum absolute atomic E-state index is 12.4. The van der Waals surface area contributed by atoms with E-state index in [2.05, 4.69) is 19.8 Å². The fraction of sp³-hybridized carbons (Fsp3) is 0.158. The molecule has 0 saturated carbocycles. The zero-order chi connectivity index (χ0) is 19.4. The van der Waals surface area contributed by atoms with E-state index in [1.54, 1.807) is 0 Å². The summed E-state index contributed by atoms with van der Waals surface area (Å²) in [5, 5.41) is 7.50. The van der Waals surface area contributed by atoms with E-state index in [1.807, 2.05) is 37.4 Å². The molecule has 0 atom stereocenters. The van der Waals surface area contributed by atoms with Gasteiger partial charge in [-0.1, -0.05) is 18.2 Å². The first-order chi connectivity index (χ1) is 12.9. The summed E-state index contributed by atoms with van der Waals surface area (Å²) >= 11 is 0. The van der Waals surface area contributed by atoms with Gasteiger partial charge < -0.3 is 9.88 Å². The SMILES string of the molecule is CCn1cc(/C=N/NS(=O)(=O)c2ccc(NC(C)=O)cc2)c2ccccc21. The first kappa shape index (κ1) is 18.7. The molecule has 3 aromatic rings. The second-order valence-corrected chi connectivity index (χ2v) is 7.61. The Kier molecular flexibility index (Phi) is 5.27. The number of sulfonamides is 1. The topological polar surface area (TPSA) is 92.6 Å². The fourth-order valence-electron chi connectivity index (χ4n) is 2.78. The van der Waals surface area contributed by atoms with Crippen molar-refractivity contribution in [3.05, 3.63) is 60.3 Å². The molecule has 2 N–H and O–H groups in total. The van der Waals surface area contributed by atoms with E-state index < -0.39 is 10.0 Å². The molecule has 140 valence electrons. The molecule has 0 fully saturated rings. The summed E-state index contributed by atoms with van der Waals surface area (Å²) in [6.45, 7) is 4.23. The Morgan fingerprint density at radius 1 is 1.15 bits per heavy atom. The van der Waals surface area contributed by atoms with Crippen molar-refractivity contribution >= 4 is 38.7 Å². The van der Waals surface area contributed by atoms with Crippen LogP contribution in [0.3, 0.4) is 0 Å². The van der Waals surface area contributed by atoms with Crippen LogP contribution in [0.5, 0.6) is 0 Å². The van der Waals surface area contributed by atoms with Gasteiger partial charge in [-0.25, -0.2) is 4.83 Å². The number of benzene rings is 2. The number of para-hydroxylation sites is 1. The van der Waals surface area contributed by atoms with E-state index in [9.17, 15) is 13.2 Å². The van der Waals surface area contributed by atoms with Crippen LogP contribution in [-0.2, 0) is 21.4 Å². The number of carbonyl (C=O) groups is 1. The molecule has 8 heteroatoms. The van der Waals surface area contributed by atoms with Crippen molar-refractivity contribution in [1.82, 2.24) is 9.40 Å². The zero-order valence-corrected chi connectivity index (χ0v) is 15.8. The number of anilines is 1. The lowest BCUT2D eigenvalue weighted by molar-refractivity contribution is -0.114. The van der Waals surface area contributed by atoms with E-state index in [-0.39, 0.29) is 10.8 Å². The third kappa shape index (κ3) is 4.17. The molecule has 7 nitrogen and oxygen atoms in total. The molecule has 0 saturated heterocycles. The Morgan fingerprint density at radius 2 is 1.85 bits per heavy atom. The van der Waals surface area contributed by atoms with Crippen molar-refractivity contribution in [3.63, 3.8) is 0 Å². The highest BCUT2D eigenvalue weighted by Gasteiger charge is 2.13. The van der Waals surface area contributed by atoms with Crippen LogP contribution < -0.4 is 10.1 Å². The van der Waals surface area contributed by atoms with Crippen LogP contribution in [0.1, 0.15) is 19.4 Å². The van der Waals surface area contributed by atoms with Gasteiger partial charge >= 0.3 is 0 Å². The van der Waals surface area contributed by atoms with Crippen molar-refractivity contribution < 1.29 is 13.2 Å². The fourth-order valence-corrected chi connectivity index (χ4v) is 3.57. The number of nitrogens with one attached hydrogen (secondary N) is 2. The van der Waals surface area contributed by atoms with Gasteiger partial charge in [0.2, 0.25) is 5.91 Å². The molecule has 0 aliphatic rings. The molecule has 0 unspecified atom stereocenters. The first-order valence-electron chi connectivity index (χ1n) is 8.41. The Hall–Kier alpha value is -3.13. The lowest BCUT2D eigenvalue weighted by Crippen LogP contribution is -2.18. The Balaban J connectivity index is 1.78. The molecule has 0 aliphatic heterocycles. The Labute approximate surface area is 157 Å². The minimum absolute atomic E-state index is 0.0599. The van der Waals surface area contributed by atoms with E-state index in [0.29, 0.717) is 5.69 Å². The lowest BCUT2D eigenvalue weighted by atomic mass is 10.2. The molecule has 0 bridgehead atoms. The molecule has 27 heavy (non-hydrogen) atoms. The summed E-state index contributed by atoms with van der Waals surface area (Å²) in [7, 11) is -3.80. The number of amides is 1. The third-order valence-corrected chi connectivity index (χ3v) is 5.26. The summed E-state index contributed by atoms with van der Waals surface area (Å²) < 4.78 is 26.8. The average Bonchev–Trinajstić information content (AvgIpc) is 3.00. The Bertz CT molecular complexity index is 1100. The average molecular weight is 384 g/mol. The van der Waals surface area contributed by atoms with Gasteiger partial charge in [0, 0.05) is 41.8 Å². The highest BCUT2D eigenvalue weighted by atomic mass is 32.2. The first-order valence-corrected chi connectivity index (χ1v) is 9.89. The number of fused-ring (bicyclic) bond motifs is 1. The number of hydrazone groups is 1. The van der Waals surface area contributed by atoms with Crippen LogP contribution in [0, 0.1) is 0 Å². The second-order valence-electron chi connectivity index (χ2n) is 5.95. The predicted octanol–water partition coefficient (Wildman–Crippen LogP) is 2.93. The quantitative estimate of drug-likeness (QED) is 0.505. The molecular formula is C19H20N4O3S. The van der Waals surface area contributed by atoms with Crippen LogP contribution in [0.15, 0.2) is 64.7 Å². The van der Waals surface area contributed by atoms with Gasteiger partial charge in [0.15, 0.2) is 0 Å². The van der Waals surface area contributed by atoms with Gasteiger partial charge in [0.25, 0.3) is 10.0 Å². The largest absolute Gasteiger partial charge is 0.347 e. The maximum Gasteiger partial charge on any atom is 0.276 e. The third-order valence-electron chi connectivity index (χ3n) is 4.02. The van der Waals surface area contributed by atoms with Crippen molar-refractivity contribution in [1.29, 1.82) is 0 Å². The molecule has 1 amide bonds. The van der Waals surface area contributed by atoms with Gasteiger partial charge in [-0.05, 0) is 37.3 Å². The van der Waals surface area contributed by atoms with Crippen LogP contribution in [0.25, 0.3) is 10.9 Å². The number of hydrogen-bond donors (Lipinski definition) is 2. The summed E-state index contributed by atoms with van der Waals surface area (Å²) in [5.41, 5.74) is 2.42. The van der Waals surface area contributed by atoms with Crippen molar-refractivity contribution in [2.45, 2.75) is 25.3 Å². The number of hydrogen-bond acceptors (Lipinski definition) is 4. The van der Waals surface area contributed by atoms with Crippen molar-refractivity contribution in [3.8, 4) is 0 Å². The normalized spacial score (nSPS) is 11.8. The number of aromatic nitrogens is 1. The zero-order valence-electron chi connectivity index (χ0n) is 15.0. The molecule has 1 aromatic heterocycles. The van der Waals surface area contributed by atoms with Crippen LogP contribution in [-0.4, -0.2) is 25.1 Å². The van der Waals surface area contributed by atoms with Crippen molar-refractivity contribution in [2.75, 3.05) is 5.32 Å². The minimum Gasteiger partial charge on any atom is -0.347 e. The maximum atomic E-state index is 12.4. The molecule has 3 rings (SSSR count). The predicted molar refractivity (Wildman–Crippen MR) is 106 cm³/mol. The summed E-state index contributed by atoms with van der Waals surface area (Å²) in [6.07, 6.45) is 3.43. The standard InChI is InChI=1S/C19H20N4O3S/c1-3-23-13-15(18-6-4-5-7-19(18)23)12-20-22-27(25,26)17-10-8-16(9-11-17)21-14(2)24/h4-13,22H,3H2,1-2H3,(H,21,24)/b20-12+. The number of carbonyl (C=O) groups excluding carboxylic acids is 1. The molecule has 0 aliphatic carbocycles. The highest BCUT2D eigenvalue weighted by molar-refractivity contribution is 7.89. The molecule has 0 radical (unpaired) electrons. The van der Waals surface area contributed by atoms with Crippen LogP contribution in [0.2, 0.25) is 0 Å². The van der Waals surface area contributed by atoms with Crippen LogP contribution in [0.4, 0.5) is 5.69 Å². The number of nitrogens with zero attached hydrogens (tertiary/aromatic N) is 2. The van der Waals surface area contributed by atoms with Crippen LogP contribution >= 0.6 is 0 Å². The minimum atomic E-state index is -3.80. The number of rotatable bonds is 6. The van der Waals surface area contributed by atoms with E-state index in [4.69, 9.17) is 0 Å². The lowest BCUT2D eigenvalue weighted by Gasteiger charge is -2.05. The van der Waals surface area contributed by atoms with E-state index in [1.165, 1.54) is 37.4 Å². The van der Waals surface area contributed by atoms with Gasteiger partial charge in [0.05, 0.1) is 11.1 Å². The molecular weight excluding hydrogens is 364 g/mol. The summed E-state index contributed by atoms with van der Waals surface area (Å²) in [6, 6.07) is 13.7. The highest BCUT2D eigenvalue weighted by Crippen LogP contribution is 2.20. The van der Waals surface area contributed by atoms with Crippen molar-refractivity contribution in [2.24, 2.45) is 5.10 Å². The number of aryl methyl sites for hydroxylation is 1. The van der Waals surface area contributed by atoms with Gasteiger partial charge in [0.1, 0.15) is 0 Å².